The van der Waals surface area contributed by atoms with Gasteiger partial charge in [-0.1, -0.05) is 0 Å². The minimum absolute atomic E-state index is 0.106. The zero-order valence-corrected chi connectivity index (χ0v) is 8.31. The molecule has 0 radical (unpaired) electrons. The summed E-state index contributed by atoms with van der Waals surface area (Å²) in [5.74, 6) is -0.342. The lowest BCUT2D eigenvalue weighted by molar-refractivity contribution is 0.270. The van der Waals surface area contributed by atoms with Gasteiger partial charge in [-0.25, -0.2) is 8.60 Å². The number of halogens is 1. The molecule has 0 amide bonds. The fourth-order valence-corrected chi connectivity index (χ4v) is 1.60. The lowest BCUT2D eigenvalue weighted by Crippen LogP contribution is -2.05. The van der Waals surface area contributed by atoms with Crippen LogP contribution in [0, 0.1) is 5.82 Å². The van der Waals surface area contributed by atoms with Gasteiger partial charge in [0, 0.05) is 0 Å². The van der Waals surface area contributed by atoms with Crippen molar-refractivity contribution in [2.24, 2.45) is 0 Å². The van der Waals surface area contributed by atoms with Gasteiger partial charge in [0.2, 0.25) is 0 Å². The number of rotatable bonds is 3. The Morgan fingerprint density at radius 2 is 1.85 bits per heavy atom. The van der Waals surface area contributed by atoms with E-state index in [1.165, 1.54) is 24.3 Å². The van der Waals surface area contributed by atoms with Crippen LogP contribution in [-0.2, 0) is 15.3 Å². The standard InChI is InChI=1S/C9H11FO2S/c1-7(2)12-13(11)9-5-3-8(10)4-6-9/h3-7H,1-2H3/t13-/m1/s1. The first-order valence-corrected chi connectivity index (χ1v) is 5.01. The van der Waals surface area contributed by atoms with Crippen LogP contribution in [0.3, 0.4) is 0 Å². The van der Waals surface area contributed by atoms with Crippen molar-refractivity contribution < 1.29 is 12.8 Å². The molecule has 72 valence electrons. The summed E-state index contributed by atoms with van der Waals surface area (Å²) in [6, 6.07) is 5.43. The van der Waals surface area contributed by atoms with E-state index in [0.29, 0.717) is 4.90 Å². The van der Waals surface area contributed by atoms with Crippen molar-refractivity contribution in [3.63, 3.8) is 0 Å². The van der Waals surface area contributed by atoms with Crippen molar-refractivity contribution >= 4 is 11.1 Å². The van der Waals surface area contributed by atoms with Gasteiger partial charge < -0.3 is 0 Å². The highest BCUT2D eigenvalue weighted by atomic mass is 32.2. The molecule has 1 aromatic carbocycles. The molecule has 0 aromatic heterocycles. The maximum atomic E-state index is 12.5. The SMILES string of the molecule is CC(C)O[S@@](=O)c1ccc(F)cc1. The summed E-state index contributed by atoms with van der Waals surface area (Å²) in [6.07, 6.45) is -0.106. The average Bonchev–Trinajstić information content (AvgIpc) is 2.04. The largest absolute Gasteiger partial charge is 0.284 e. The van der Waals surface area contributed by atoms with E-state index in [0.717, 1.165) is 0 Å². The Morgan fingerprint density at radius 1 is 1.31 bits per heavy atom. The first kappa shape index (κ1) is 10.3. The highest BCUT2D eigenvalue weighted by Gasteiger charge is 2.06. The summed E-state index contributed by atoms with van der Waals surface area (Å²) >= 11 is -1.49. The van der Waals surface area contributed by atoms with E-state index >= 15 is 0 Å². The van der Waals surface area contributed by atoms with Crippen LogP contribution in [0.15, 0.2) is 29.2 Å². The maximum absolute atomic E-state index is 12.5. The molecular weight excluding hydrogens is 191 g/mol. The van der Waals surface area contributed by atoms with Gasteiger partial charge in [-0.2, -0.15) is 0 Å². The summed E-state index contributed by atoms with van der Waals surface area (Å²) < 4.78 is 28.8. The monoisotopic (exact) mass is 202 g/mol. The van der Waals surface area contributed by atoms with Gasteiger partial charge in [0.1, 0.15) is 5.82 Å². The molecule has 0 N–H and O–H groups in total. The molecule has 0 heterocycles. The molecule has 0 fully saturated rings. The molecule has 0 bridgehead atoms. The normalized spacial score (nSPS) is 13.2. The van der Waals surface area contributed by atoms with Crippen LogP contribution in [0.25, 0.3) is 0 Å². The highest BCUT2D eigenvalue weighted by Crippen LogP contribution is 2.10. The van der Waals surface area contributed by atoms with Gasteiger partial charge in [-0.15, -0.1) is 0 Å². The quantitative estimate of drug-likeness (QED) is 0.751. The van der Waals surface area contributed by atoms with Crippen molar-refractivity contribution in [3.8, 4) is 0 Å². The smallest absolute Gasteiger partial charge is 0.189 e. The number of benzene rings is 1. The van der Waals surface area contributed by atoms with Crippen molar-refractivity contribution in [2.75, 3.05) is 0 Å². The van der Waals surface area contributed by atoms with E-state index in [2.05, 4.69) is 0 Å². The predicted octanol–water partition coefficient (Wildman–Crippen LogP) is 2.27. The van der Waals surface area contributed by atoms with E-state index in [1.54, 1.807) is 13.8 Å². The highest BCUT2D eigenvalue weighted by molar-refractivity contribution is 7.80. The van der Waals surface area contributed by atoms with Crippen molar-refractivity contribution in [2.45, 2.75) is 24.8 Å². The van der Waals surface area contributed by atoms with E-state index in [9.17, 15) is 8.60 Å². The molecule has 1 atom stereocenters. The van der Waals surface area contributed by atoms with Gasteiger partial charge in [0.25, 0.3) is 0 Å². The molecule has 1 rings (SSSR count). The summed E-state index contributed by atoms with van der Waals surface area (Å²) in [4.78, 5) is 0.482. The second-order valence-corrected chi connectivity index (χ2v) is 3.97. The third-order valence-electron chi connectivity index (χ3n) is 1.29. The molecule has 0 aliphatic heterocycles. The first-order chi connectivity index (χ1) is 6.09. The van der Waals surface area contributed by atoms with Crippen LogP contribution in [0.4, 0.5) is 4.39 Å². The Labute approximate surface area is 79.4 Å². The van der Waals surface area contributed by atoms with Gasteiger partial charge in [0.15, 0.2) is 11.1 Å². The van der Waals surface area contributed by atoms with Gasteiger partial charge in [-0.05, 0) is 38.1 Å². The zero-order chi connectivity index (χ0) is 9.84. The van der Waals surface area contributed by atoms with Crippen LogP contribution in [-0.4, -0.2) is 10.3 Å². The predicted molar refractivity (Wildman–Crippen MR) is 49.0 cm³/mol. The zero-order valence-electron chi connectivity index (χ0n) is 7.49. The Balaban J connectivity index is 2.72. The molecule has 0 spiro atoms. The van der Waals surface area contributed by atoms with E-state index < -0.39 is 11.1 Å². The lowest BCUT2D eigenvalue weighted by atomic mass is 10.4. The third-order valence-corrected chi connectivity index (χ3v) is 2.50. The minimum Gasteiger partial charge on any atom is -0.284 e. The Hall–Kier alpha value is -0.740. The Morgan fingerprint density at radius 3 is 2.31 bits per heavy atom. The number of hydrogen-bond acceptors (Lipinski definition) is 2. The van der Waals surface area contributed by atoms with Gasteiger partial charge in [-0.3, -0.25) is 4.18 Å². The van der Waals surface area contributed by atoms with Crippen molar-refractivity contribution in [3.05, 3.63) is 30.1 Å². The maximum Gasteiger partial charge on any atom is 0.189 e. The second-order valence-electron chi connectivity index (χ2n) is 2.83. The van der Waals surface area contributed by atoms with Gasteiger partial charge in [0.05, 0.1) is 11.0 Å². The fourth-order valence-electron chi connectivity index (χ4n) is 0.776. The average molecular weight is 202 g/mol. The molecule has 0 unspecified atom stereocenters. The third kappa shape index (κ3) is 3.24. The van der Waals surface area contributed by atoms with Crippen LogP contribution >= 0.6 is 0 Å². The molecule has 0 saturated carbocycles. The minimum atomic E-state index is -1.49. The van der Waals surface area contributed by atoms with Crippen LogP contribution in [0.2, 0.25) is 0 Å². The molecular formula is C9H11FO2S. The molecule has 1 aromatic rings. The molecule has 2 nitrogen and oxygen atoms in total. The topological polar surface area (TPSA) is 26.3 Å². The lowest BCUT2D eigenvalue weighted by Gasteiger charge is -2.05. The van der Waals surface area contributed by atoms with Crippen LogP contribution in [0.5, 0.6) is 0 Å². The summed E-state index contributed by atoms with van der Waals surface area (Å²) in [5, 5.41) is 0. The number of hydrogen-bond donors (Lipinski definition) is 0. The summed E-state index contributed by atoms with van der Waals surface area (Å²) in [6.45, 7) is 3.59. The molecule has 13 heavy (non-hydrogen) atoms. The molecule has 0 saturated heterocycles. The van der Waals surface area contributed by atoms with E-state index in [4.69, 9.17) is 4.18 Å². The second kappa shape index (κ2) is 4.48. The summed E-state index contributed by atoms with van der Waals surface area (Å²) in [7, 11) is 0. The first-order valence-electron chi connectivity index (χ1n) is 3.94. The van der Waals surface area contributed by atoms with Crippen LogP contribution in [0.1, 0.15) is 13.8 Å². The van der Waals surface area contributed by atoms with E-state index in [-0.39, 0.29) is 11.9 Å². The van der Waals surface area contributed by atoms with Gasteiger partial charge >= 0.3 is 0 Å². The van der Waals surface area contributed by atoms with E-state index in [1.807, 2.05) is 0 Å². The van der Waals surface area contributed by atoms with Crippen molar-refractivity contribution in [1.82, 2.24) is 0 Å². The fraction of sp³-hybridized carbons (Fsp3) is 0.333. The molecule has 0 aliphatic rings. The van der Waals surface area contributed by atoms with Crippen molar-refractivity contribution in [1.29, 1.82) is 0 Å². The molecule has 4 heteroatoms. The Bertz CT molecular complexity index is 295. The Kier molecular flexibility index (Phi) is 3.57. The molecule has 0 aliphatic carbocycles. The van der Waals surface area contributed by atoms with Crippen LogP contribution < -0.4 is 0 Å². The summed E-state index contributed by atoms with van der Waals surface area (Å²) in [5.41, 5.74) is 0.